The number of alkyl halides is 3. The number of hydrogen-bond acceptors (Lipinski definition) is 4. The minimum atomic E-state index is -4.64. The van der Waals surface area contributed by atoms with E-state index in [9.17, 15) is 23.3 Å². The largest absolute Gasteiger partial charge is 0.416 e. The van der Waals surface area contributed by atoms with E-state index in [0.29, 0.717) is 12.1 Å². The lowest BCUT2D eigenvalue weighted by Crippen LogP contribution is -2.15. The number of anilines is 1. The third-order valence-corrected chi connectivity index (χ3v) is 1.89. The average molecular weight is 250 g/mol. The third kappa shape index (κ3) is 3.31. The van der Waals surface area contributed by atoms with Gasteiger partial charge in [0.15, 0.2) is 0 Å². The van der Waals surface area contributed by atoms with Crippen LogP contribution in [0.1, 0.15) is 12.5 Å². The lowest BCUT2D eigenvalue weighted by molar-refractivity contribution is -0.384. The van der Waals surface area contributed by atoms with E-state index in [0.717, 1.165) is 6.07 Å². The van der Waals surface area contributed by atoms with Gasteiger partial charge in [0.05, 0.1) is 10.5 Å². The summed E-state index contributed by atoms with van der Waals surface area (Å²) in [5.74, 6) is 0. The molecule has 0 amide bonds. The Labute approximate surface area is 94.0 Å². The van der Waals surface area contributed by atoms with Crippen molar-refractivity contribution < 1.29 is 23.2 Å². The first-order valence-electron chi connectivity index (χ1n) is 4.52. The van der Waals surface area contributed by atoms with Gasteiger partial charge in [-0.25, -0.2) is 0 Å². The summed E-state index contributed by atoms with van der Waals surface area (Å²) in [5, 5.41) is 21.9. The van der Waals surface area contributed by atoms with E-state index in [-0.39, 0.29) is 5.69 Å². The molecule has 0 aliphatic heterocycles. The van der Waals surface area contributed by atoms with Gasteiger partial charge in [-0.2, -0.15) is 13.2 Å². The number of nitrogens with zero attached hydrogens (tertiary/aromatic N) is 1. The quantitative estimate of drug-likeness (QED) is 0.490. The minimum Gasteiger partial charge on any atom is -0.374 e. The third-order valence-electron chi connectivity index (χ3n) is 1.89. The zero-order valence-electron chi connectivity index (χ0n) is 8.65. The van der Waals surface area contributed by atoms with Crippen molar-refractivity contribution in [2.24, 2.45) is 0 Å². The number of benzene rings is 1. The summed E-state index contributed by atoms with van der Waals surface area (Å²) >= 11 is 0. The van der Waals surface area contributed by atoms with Gasteiger partial charge < -0.3 is 10.4 Å². The summed E-state index contributed by atoms with van der Waals surface area (Å²) in [6.07, 6.45) is -5.75. The summed E-state index contributed by atoms with van der Waals surface area (Å²) in [6, 6.07) is 2.04. The molecule has 1 atom stereocenters. The normalized spacial score (nSPS) is 13.2. The molecule has 5 nitrogen and oxygen atoms in total. The molecule has 0 heterocycles. The fourth-order valence-corrected chi connectivity index (χ4v) is 1.21. The molecule has 8 heteroatoms. The number of halogens is 3. The van der Waals surface area contributed by atoms with Gasteiger partial charge in [0, 0.05) is 6.07 Å². The number of nitro groups is 1. The van der Waals surface area contributed by atoms with Crippen LogP contribution < -0.4 is 5.32 Å². The van der Waals surface area contributed by atoms with E-state index in [1.54, 1.807) is 0 Å². The molecule has 0 fully saturated rings. The van der Waals surface area contributed by atoms with E-state index < -0.39 is 28.6 Å². The lowest BCUT2D eigenvalue weighted by atomic mass is 10.1. The van der Waals surface area contributed by atoms with Crippen molar-refractivity contribution in [2.75, 3.05) is 5.32 Å². The van der Waals surface area contributed by atoms with Crippen LogP contribution in [-0.2, 0) is 6.18 Å². The molecule has 94 valence electrons. The highest BCUT2D eigenvalue weighted by molar-refractivity contribution is 5.63. The smallest absolute Gasteiger partial charge is 0.374 e. The summed E-state index contributed by atoms with van der Waals surface area (Å²) in [6.45, 7) is 1.29. The van der Waals surface area contributed by atoms with Crippen molar-refractivity contribution >= 4 is 11.4 Å². The Kier molecular flexibility index (Phi) is 3.56. The van der Waals surface area contributed by atoms with Crippen LogP contribution >= 0.6 is 0 Å². The van der Waals surface area contributed by atoms with Gasteiger partial charge in [-0.15, -0.1) is 0 Å². The van der Waals surface area contributed by atoms with Crippen LogP contribution in [0.25, 0.3) is 0 Å². The van der Waals surface area contributed by atoms with Gasteiger partial charge in [0.1, 0.15) is 11.9 Å². The maximum absolute atomic E-state index is 12.3. The second kappa shape index (κ2) is 4.58. The summed E-state index contributed by atoms with van der Waals surface area (Å²) in [5.41, 5.74) is -2.01. The first kappa shape index (κ1) is 13.2. The van der Waals surface area contributed by atoms with Gasteiger partial charge in [-0.1, -0.05) is 0 Å². The number of aliphatic hydroxyl groups is 1. The molecular formula is C9H9F3N2O3. The Bertz CT molecular complexity index is 432. The molecule has 0 aromatic heterocycles. The highest BCUT2D eigenvalue weighted by Gasteiger charge is 2.33. The van der Waals surface area contributed by atoms with Gasteiger partial charge >= 0.3 is 6.18 Å². The van der Waals surface area contributed by atoms with E-state index in [1.807, 2.05) is 0 Å². The summed E-state index contributed by atoms with van der Waals surface area (Å²) in [7, 11) is 0. The lowest BCUT2D eigenvalue weighted by Gasteiger charge is -2.11. The molecule has 0 aliphatic carbocycles. The summed E-state index contributed by atoms with van der Waals surface area (Å²) < 4.78 is 37.0. The Morgan fingerprint density at radius 2 is 2.06 bits per heavy atom. The van der Waals surface area contributed by atoms with Crippen molar-refractivity contribution in [2.45, 2.75) is 19.3 Å². The van der Waals surface area contributed by atoms with E-state index in [2.05, 4.69) is 5.32 Å². The van der Waals surface area contributed by atoms with Crippen LogP contribution in [0.5, 0.6) is 0 Å². The maximum atomic E-state index is 12.3. The highest BCUT2D eigenvalue weighted by atomic mass is 19.4. The maximum Gasteiger partial charge on any atom is 0.416 e. The van der Waals surface area contributed by atoms with E-state index in [4.69, 9.17) is 5.11 Å². The zero-order valence-corrected chi connectivity index (χ0v) is 8.65. The van der Waals surface area contributed by atoms with Crippen molar-refractivity contribution in [1.82, 2.24) is 0 Å². The Balaban J connectivity index is 3.22. The van der Waals surface area contributed by atoms with Gasteiger partial charge in [-0.05, 0) is 19.1 Å². The Morgan fingerprint density at radius 3 is 2.47 bits per heavy atom. The molecule has 0 radical (unpaired) electrons. The second-order valence-corrected chi connectivity index (χ2v) is 3.31. The zero-order chi connectivity index (χ0) is 13.2. The molecule has 0 saturated carbocycles. The van der Waals surface area contributed by atoms with Crippen molar-refractivity contribution in [3.63, 3.8) is 0 Å². The molecule has 0 spiro atoms. The molecule has 1 aromatic rings. The minimum absolute atomic E-state index is 0.169. The van der Waals surface area contributed by atoms with Crippen LogP contribution in [0.3, 0.4) is 0 Å². The first-order chi connectivity index (χ1) is 7.71. The van der Waals surface area contributed by atoms with Crippen molar-refractivity contribution in [3.05, 3.63) is 33.9 Å². The van der Waals surface area contributed by atoms with E-state index >= 15 is 0 Å². The topological polar surface area (TPSA) is 75.4 Å². The number of rotatable bonds is 3. The molecule has 1 rings (SSSR count). The number of nitro benzene ring substituents is 1. The molecule has 0 bridgehead atoms. The molecule has 17 heavy (non-hydrogen) atoms. The fourth-order valence-electron chi connectivity index (χ4n) is 1.21. The van der Waals surface area contributed by atoms with Gasteiger partial charge in [0.2, 0.25) is 0 Å². The molecule has 0 saturated heterocycles. The van der Waals surface area contributed by atoms with Crippen molar-refractivity contribution in [1.29, 1.82) is 0 Å². The number of aliphatic hydroxyl groups excluding tert-OH is 1. The van der Waals surface area contributed by atoms with Gasteiger partial charge in [0.25, 0.3) is 5.69 Å². The van der Waals surface area contributed by atoms with Crippen LogP contribution in [0.2, 0.25) is 0 Å². The first-order valence-corrected chi connectivity index (χ1v) is 4.52. The average Bonchev–Trinajstić information content (AvgIpc) is 2.15. The van der Waals surface area contributed by atoms with Crippen molar-refractivity contribution in [3.8, 4) is 0 Å². The molecular weight excluding hydrogens is 241 g/mol. The number of hydrogen-bond donors (Lipinski definition) is 2. The molecule has 1 unspecified atom stereocenters. The second-order valence-electron chi connectivity index (χ2n) is 3.31. The molecule has 1 aromatic carbocycles. The standard InChI is InChI=1S/C9H9F3N2O3/c1-5(15)13-7-3-2-6(9(10,11)12)4-8(7)14(16)17/h2-5,13,15H,1H3. The van der Waals surface area contributed by atoms with Crippen LogP contribution in [0, 0.1) is 10.1 Å². The predicted molar refractivity (Wildman–Crippen MR) is 53.4 cm³/mol. The summed E-state index contributed by atoms with van der Waals surface area (Å²) in [4.78, 5) is 9.65. The van der Waals surface area contributed by atoms with Crippen LogP contribution in [-0.4, -0.2) is 16.3 Å². The highest BCUT2D eigenvalue weighted by Crippen LogP contribution is 2.34. The monoisotopic (exact) mass is 250 g/mol. The van der Waals surface area contributed by atoms with E-state index in [1.165, 1.54) is 6.92 Å². The predicted octanol–water partition coefficient (Wildman–Crippen LogP) is 2.36. The Morgan fingerprint density at radius 1 is 1.47 bits per heavy atom. The SMILES string of the molecule is CC(O)Nc1ccc(C(F)(F)F)cc1[N+](=O)[O-]. The van der Waals surface area contributed by atoms with Crippen LogP contribution in [0.4, 0.5) is 24.5 Å². The Hall–Kier alpha value is -1.83. The fraction of sp³-hybridized carbons (Fsp3) is 0.333. The molecule has 2 N–H and O–H groups in total. The van der Waals surface area contributed by atoms with Gasteiger partial charge in [-0.3, -0.25) is 10.1 Å². The molecule has 0 aliphatic rings. The van der Waals surface area contributed by atoms with Crippen LogP contribution in [0.15, 0.2) is 18.2 Å². The number of nitrogens with one attached hydrogen (secondary N) is 1.